The lowest BCUT2D eigenvalue weighted by molar-refractivity contribution is 0.306. The average molecular weight is 364 g/mol. The number of rotatable bonds is 4. The zero-order valence-electron chi connectivity index (χ0n) is 9.80. The molecular weight excluding hydrogens is 354 g/mol. The van der Waals surface area contributed by atoms with Gasteiger partial charge in [0, 0.05) is 10.9 Å². The number of halogens is 4. The van der Waals surface area contributed by atoms with Gasteiger partial charge in [-0.3, -0.25) is 0 Å². The smallest absolute Gasteiger partial charge is 0.138 e. The second kappa shape index (κ2) is 6.60. The van der Waals surface area contributed by atoms with E-state index in [-0.39, 0.29) is 12.4 Å². The second-order valence-electron chi connectivity index (χ2n) is 3.92. The van der Waals surface area contributed by atoms with E-state index in [0.717, 1.165) is 10.9 Å². The van der Waals surface area contributed by atoms with Crippen LogP contribution in [0.1, 0.15) is 11.1 Å². The first-order chi connectivity index (χ1) is 9.10. The lowest BCUT2D eigenvalue weighted by Crippen LogP contribution is -1.97. The molecule has 0 aliphatic carbocycles. The first kappa shape index (κ1) is 14.6. The third kappa shape index (κ3) is 3.85. The number of hydrogen-bond acceptors (Lipinski definition) is 1. The van der Waals surface area contributed by atoms with Gasteiger partial charge in [-0.05, 0) is 29.8 Å². The second-order valence-corrected chi connectivity index (χ2v) is 5.30. The van der Waals surface area contributed by atoms with Crippen molar-refractivity contribution in [2.24, 2.45) is 0 Å². The average Bonchev–Trinajstić information content (AvgIpc) is 2.39. The Kier molecular flexibility index (Phi) is 5.08. The van der Waals surface area contributed by atoms with Crippen LogP contribution in [0.2, 0.25) is 10.0 Å². The summed E-state index contributed by atoms with van der Waals surface area (Å²) in [4.78, 5) is 0. The minimum atomic E-state index is -0.367. The highest BCUT2D eigenvalue weighted by molar-refractivity contribution is 9.08. The Morgan fingerprint density at radius 1 is 1.05 bits per heavy atom. The maximum Gasteiger partial charge on any atom is 0.138 e. The molecule has 0 bridgehead atoms. The summed E-state index contributed by atoms with van der Waals surface area (Å²) in [5.74, 6) is 0.209. The Balaban J connectivity index is 2.10. The highest BCUT2D eigenvalue weighted by atomic mass is 79.9. The van der Waals surface area contributed by atoms with Gasteiger partial charge in [0.15, 0.2) is 0 Å². The third-order valence-corrected chi connectivity index (χ3v) is 3.84. The lowest BCUT2D eigenvalue weighted by atomic mass is 10.2. The van der Waals surface area contributed by atoms with E-state index in [1.165, 1.54) is 12.1 Å². The van der Waals surface area contributed by atoms with Crippen molar-refractivity contribution in [2.75, 3.05) is 0 Å². The highest BCUT2D eigenvalue weighted by Gasteiger charge is 2.06. The summed E-state index contributed by atoms with van der Waals surface area (Å²) in [6, 6.07) is 9.75. The van der Waals surface area contributed by atoms with E-state index in [1.807, 2.05) is 12.1 Å². The minimum Gasteiger partial charge on any atom is -0.487 e. The molecule has 5 heteroatoms. The Morgan fingerprint density at radius 2 is 1.84 bits per heavy atom. The van der Waals surface area contributed by atoms with Gasteiger partial charge >= 0.3 is 0 Å². The van der Waals surface area contributed by atoms with Crippen molar-refractivity contribution < 1.29 is 9.13 Å². The van der Waals surface area contributed by atoms with Gasteiger partial charge in [-0.25, -0.2) is 4.39 Å². The third-order valence-electron chi connectivity index (χ3n) is 2.55. The van der Waals surface area contributed by atoms with E-state index in [1.54, 1.807) is 12.1 Å². The van der Waals surface area contributed by atoms with Gasteiger partial charge in [0.25, 0.3) is 0 Å². The quantitative estimate of drug-likeness (QED) is 0.642. The van der Waals surface area contributed by atoms with E-state index >= 15 is 0 Å². The number of alkyl halides is 1. The molecule has 0 saturated carbocycles. The van der Waals surface area contributed by atoms with E-state index < -0.39 is 0 Å². The number of benzene rings is 2. The Labute approximate surface area is 129 Å². The van der Waals surface area contributed by atoms with Crippen LogP contribution in [-0.2, 0) is 11.9 Å². The van der Waals surface area contributed by atoms with Gasteiger partial charge in [-0.15, -0.1) is 0 Å². The van der Waals surface area contributed by atoms with Crippen molar-refractivity contribution in [3.05, 3.63) is 63.4 Å². The van der Waals surface area contributed by atoms with Crippen molar-refractivity contribution in [1.82, 2.24) is 0 Å². The Hall–Kier alpha value is -0.770. The SMILES string of the molecule is Fc1ccc(COc2ccc(CBr)cc2Cl)c(Cl)c1. The lowest BCUT2D eigenvalue weighted by Gasteiger charge is -2.10. The van der Waals surface area contributed by atoms with Gasteiger partial charge < -0.3 is 4.74 Å². The van der Waals surface area contributed by atoms with Crippen LogP contribution in [0.15, 0.2) is 36.4 Å². The normalized spacial score (nSPS) is 10.5. The summed E-state index contributed by atoms with van der Waals surface area (Å²) in [5.41, 5.74) is 1.78. The molecule has 1 nitrogen and oxygen atoms in total. The zero-order valence-corrected chi connectivity index (χ0v) is 12.9. The molecule has 2 aromatic rings. The van der Waals surface area contributed by atoms with Gasteiger partial charge in [-0.1, -0.05) is 51.3 Å². The Bertz CT molecular complexity index is 590. The molecular formula is C14H10BrCl2FO. The van der Waals surface area contributed by atoms with Crippen molar-refractivity contribution >= 4 is 39.1 Å². The van der Waals surface area contributed by atoms with E-state index in [0.29, 0.717) is 21.4 Å². The standard InChI is InChI=1S/C14H10BrCl2FO/c15-7-9-1-4-14(13(17)5-9)19-8-10-2-3-11(18)6-12(10)16/h1-6H,7-8H2. The molecule has 2 aromatic carbocycles. The molecule has 0 unspecified atom stereocenters. The van der Waals surface area contributed by atoms with Crippen LogP contribution >= 0.6 is 39.1 Å². The van der Waals surface area contributed by atoms with Gasteiger partial charge in [-0.2, -0.15) is 0 Å². The van der Waals surface area contributed by atoms with Crippen LogP contribution in [0.4, 0.5) is 4.39 Å². The summed E-state index contributed by atoms with van der Waals surface area (Å²) < 4.78 is 18.5. The van der Waals surface area contributed by atoms with Crippen LogP contribution in [0.25, 0.3) is 0 Å². The molecule has 0 amide bonds. The highest BCUT2D eigenvalue weighted by Crippen LogP contribution is 2.28. The summed E-state index contributed by atoms with van der Waals surface area (Å²) in [5, 5.41) is 1.61. The van der Waals surface area contributed by atoms with Crippen LogP contribution in [0.3, 0.4) is 0 Å². The molecule has 0 saturated heterocycles. The van der Waals surface area contributed by atoms with Crippen molar-refractivity contribution in [2.45, 2.75) is 11.9 Å². The van der Waals surface area contributed by atoms with Crippen molar-refractivity contribution in [1.29, 1.82) is 0 Å². The van der Waals surface area contributed by atoms with E-state index in [2.05, 4.69) is 15.9 Å². The minimum absolute atomic E-state index is 0.243. The Morgan fingerprint density at radius 3 is 2.47 bits per heavy atom. The first-order valence-electron chi connectivity index (χ1n) is 5.51. The first-order valence-corrected chi connectivity index (χ1v) is 7.39. The largest absolute Gasteiger partial charge is 0.487 e. The molecule has 0 spiro atoms. The maximum atomic E-state index is 12.9. The molecule has 0 atom stereocenters. The van der Waals surface area contributed by atoms with Crippen molar-refractivity contribution in [3.8, 4) is 5.75 Å². The fourth-order valence-corrected chi connectivity index (χ4v) is 2.37. The molecule has 0 fully saturated rings. The predicted octanol–water partition coefficient (Wildman–Crippen LogP) is 5.61. The molecule has 0 aromatic heterocycles. The molecule has 0 aliphatic heterocycles. The van der Waals surface area contributed by atoms with Crippen LogP contribution in [-0.4, -0.2) is 0 Å². The number of ether oxygens (including phenoxy) is 1. The molecule has 19 heavy (non-hydrogen) atoms. The zero-order chi connectivity index (χ0) is 13.8. The number of hydrogen-bond donors (Lipinski definition) is 0. The molecule has 2 rings (SSSR count). The van der Waals surface area contributed by atoms with Crippen LogP contribution in [0.5, 0.6) is 5.75 Å². The van der Waals surface area contributed by atoms with E-state index in [4.69, 9.17) is 27.9 Å². The summed E-state index contributed by atoms with van der Waals surface area (Å²) in [7, 11) is 0. The van der Waals surface area contributed by atoms with E-state index in [9.17, 15) is 4.39 Å². The fourth-order valence-electron chi connectivity index (χ4n) is 1.54. The summed E-state index contributed by atoms with van der Waals surface area (Å²) >= 11 is 15.4. The monoisotopic (exact) mass is 362 g/mol. The predicted molar refractivity (Wildman–Crippen MR) is 79.8 cm³/mol. The van der Waals surface area contributed by atoms with Crippen LogP contribution in [0, 0.1) is 5.82 Å². The molecule has 0 aliphatic rings. The molecule has 0 heterocycles. The maximum absolute atomic E-state index is 12.9. The summed E-state index contributed by atoms with van der Waals surface area (Å²) in [6.45, 7) is 0.243. The van der Waals surface area contributed by atoms with Crippen molar-refractivity contribution in [3.63, 3.8) is 0 Å². The fraction of sp³-hybridized carbons (Fsp3) is 0.143. The van der Waals surface area contributed by atoms with Gasteiger partial charge in [0.05, 0.1) is 10.0 Å². The van der Waals surface area contributed by atoms with Crippen LogP contribution < -0.4 is 4.74 Å². The molecule has 100 valence electrons. The molecule has 0 N–H and O–H groups in total. The van der Waals surface area contributed by atoms with Gasteiger partial charge in [0.2, 0.25) is 0 Å². The van der Waals surface area contributed by atoms with Gasteiger partial charge in [0.1, 0.15) is 18.2 Å². The summed E-state index contributed by atoms with van der Waals surface area (Å²) in [6.07, 6.45) is 0. The topological polar surface area (TPSA) is 9.23 Å². The molecule has 0 radical (unpaired) electrons.